The van der Waals surface area contributed by atoms with E-state index < -0.39 is 6.04 Å². The molecule has 1 aliphatic heterocycles. The predicted octanol–water partition coefficient (Wildman–Crippen LogP) is 5.21. The zero-order valence-corrected chi connectivity index (χ0v) is 17.1. The first-order valence-electron chi connectivity index (χ1n) is 9.54. The van der Waals surface area contributed by atoms with Crippen molar-refractivity contribution in [2.45, 2.75) is 19.9 Å². The summed E-state index contributed by atoms with van der Waals surface area (Å²) in [5, 5.41) is 0.838. The van der Waals surface area contributed by atoms with Crippen LogP contribution in [0.5, 0.6) is 0 Å². The fourth-order valence-electron chi connectivity index (χ4n) is 3.94. The van der Waals surface area contributed by atoms with Gasteiger partial charge in [-0.2, -0.15) is 0 Å². The molecule has 5 rings (SSSR count). The molecule has 2 aromatic heterocycles. The van der Waals surface area contributed by atoms with Crippen molar-refractivity contribution in [1.29, 1.82) is 0 Å². The molecule has 5 nitrogen and oxygen atoms in total. The van der Waals surface area contributed by atoms with E-state index in [2.05, 4.69) is 4.98 Å². The molecule has 1 amide bonds. The number of pyridine rings is 1. The number of aryl methyl sites for hydroxylation is 2. The lowest BCUT2D eigenvalue weighted by Crippen LogP contribution is -2.30. The second-order valence-corrected chi connectivity index (χ2v) is 7.80. The predicted molar refractivity (Wildman–Crippen MR) is 116 cm³/mol. The third kappa shape index (κ3) is 2.74. The molecule has 0 bridgehead atoms. The minimum atomic E-state index is -0.635. The Kier molecular flexibility index (Phi) is 4.22. The summed E-state index contributed by atoms with van der Waals surface area (Å²) in [6, 6.07) is 17.6. The highest BCUT2D eigenvalue weighted by Crippen LogP contribution is 2.40. The van der Waals surface area contributed by atoms with Crippen LogP contribution in [0.2, 0.25) is 5.02 Å². The first-order chi connectivity index (χ1) is 14.5. The standard InChI is InChI=1S/C24H17ClN2O3/c1-13-11-18-16(12-17(13)25)22(28)20-21(15-8-4-3-5-9-15)27(24(29)23(20)30-18)19-10-6-7-14(2)26-19/h3-12,21H,1-2H3. The van der Waals surface area contributed by atoms with Gasteiger partial charge >= 0.3 is 0 Å². The van der Waals surface area contributed by atoms with Crippen molar-refractivity contribution in [3.63, 3.8) is 0 Å². The number of benzene rings is 2. The van der Waals surface area contributed by atoms with E-state index in [1.54, 1.807) is 18.2 Å². The summed E-state index contributed by atoms with van der Waals surface area (Å²) in [6.45, 7) is 3.68. The van der Waals surface area contributed by atoms with Crippen LogP contribution in [0, 0.1) is 13.8 Å². The maximum atomic E-state index is 13.5. The van der Waals surface area contributed by atoms with Crippen LogP contribution in [0.4, 0.5) is 5.82 Å². The normalized spacial score (nSPS) is 15.6. The molecule has 1 aliphatic rings. The Bertz CT molecular complexity index is 1380. The van der Waals surface area contributed by atoms with Crippen LogP contribution in [-0.2, 0) is 0 Å². The van der Waals surface area contributed by atoms with Crippen LogP contribution in [0.1, 0.15) is 39.0 Å². The maximum absolute atomic E-state index is 13.5. The van der Waals surface area contributed by atoms with Crippen molar-refractivity contribution in [3.05, 3.63) is 104 Å². The van der Waals surface area contributed by atoms with E-state index in [9.17, 15) is 9.59 Å². The van der Waals surface area contributed by atoms with Crippen LogP contribution in [0.3, 0.4) is 0 Å². The zero-order valence-electron chi connectivity index (χ0n) is 16.3. The minimum Gasteiger partial charge on any atom is -0.450 e. The molecule has 1 atom stereocenters. The SMILES string of the molecule is Cc1cccc(N2C(=O)c3oc4cc(C)c(Cl)cc4c(=O)c3C2c2ccccc2)n1. The number of halogens is 1. The van der Waals surface area contributed by atoms with Crippen molar-refractivity contribution < 1.29 is 9.21 Å². The highest BCUT2D eigenvalue weighted by molar-refractivity contribution is 6.32. The summed E-state index contributed by atoms with van der Waals surface area (Å²) in [7, 11) is 0. The number of carbonyl (C=O) groups excluding carboxylic acids is 1. The molecule has 6 heteroatoms. The molecular weight excluding hydrogens is 400 g/mol. The molecule has 1 unspecified atom stereocenters. The Morgan fingerprint density at radius 2 is 1.77 bits per heavy atom. The third-order valence-electron chi connectivity index (χ3n) is 5.39. The molecule has 3 heterocycles. The second-order valence-electron chi connectivity index (χ2n) is 7.40. The van der Waals surface area contributed by atoms with Crippen LogP contribution in [0.25, 0.3) is 11.0 Å². The van der Waals surface area contributed by atoms with E-state index >= 15 is 0 Å². The maximum Gasteiger partial charge on any atom is 0.296 e. The monoisotopic (exact) mass is 416 g/mol. The Morgan fingerprint density at radius 3 is 2.50 bits per heavy atom. The van der Waals surface area contributed by atoms with Crippen LogP contribution < -0.4 is 10.3 Å². The van der Waals surface area contributed by atoms with Gasteiger partial charge in [0.1, 0.15) is 11.4 Å². The van der Waals surface area contributed by atoms with Gasteiger partial charge in [0, 0.05) is 10.7 Å². The average molecular weight is 417 g/mol. The number of nitrogens with zero attached hydrogens (tertiary/aromatic N) is 2. The van der Waals surface area contributed by atoms with E-state index in [-0.39, 0.29) is 17.1 Å². The van der Waals surface area contributed by atoms with E-state index in [1.165, 1.54) is 4.90 Å². The van der Waals surface area contributed by atoms with E-state index in [1.807, 2.05) is 56.3 Å². The summed E-state index contributed by atoms with van der Waals surface area (Å²) >= 11 is 6.27. The third-order valence-corrected chi connectivity index (χ3v) is 5.79. The molecule has 0 radical (unpaired) electrons. The van der Waals surface area contributed by atoms with Gasteiger partial charge in [-0.25, -0.2) is 4.98 Å². The molecule has 0 saturated heterocycles. The minimum absolute atomic E-state index is 0.0476. The molecule has 4 aromatic rings. The number of amides is 1. The molecule has 0 aliphatic carbocycles. The number of aromatic nitrogens is 1. The topological polar surface area (TPSA) is 63.4 Å². The molecule has 0 saturated carbocycles. The molecule has 30 heavy (non-hydrogen) atoms. The number of hydrogen-bond donors (Lipinski definition) is 0. The number of rotatable bonds is 2. The van der Waals surface area contributed by atoms with Gasteiger partial charge in [0.2, 0.25) is 5.76 Å². The van der Waals surface area contributed by atoms with Crippen molar-refractivity contribution in [2.24, 2.45) is 0 Å². The summed E-state index contributed by atoms with van der Waals surface area (Å²) < 4.78 is 5.99. The van der Waals surface area contributed by atoms with Crippen molar-refractivity contribution in [1.82, 2.24) is 4.98 Å². The van der Waals surface area contributed by atoms with Gasteiger partial charge in [-0.05, 0) is 49.2 Å². The first kappa shape index (κ1) is 18.6. The molecule has 0 N–H and O–H groups in total. The van der Waals surface area contributed by atoms with E-state index in [4.69, 9.17) is 16.0 Å². The molecule has 2 aromatic carbocycles. The fourth-order valence-corrected chi connectivity index (χ4v) is 4.11. The average Bonchev–Trinajstić information content (AvgIpc) is 3.03. The van der Waals surface area contributed by atoms with Crippen LogP contribution >= 0.6 is 11.6 Å². The van der Waals surface area contributed by atoms with Gasteiger partial charge in [-0.3, -0.25) is 14.5 Å². The summed E-state index contributed by atoms with van der Waals surface area (Å²) in [5.41, 5.74) is 2.74. The van der Waals surface area contributed by atoms with Gasteiger partial charge in [0.25, 0.3) is 5.91 Å². The lowest BCUT2D eigenvalue weighted by atomic mass is 9.98. The van der Waals surface area contributed by atoms with Gasteiger partial charge in [0.05, 0.1) is 17.0 Å². The Morgan fingerprint density at radius 1 is 1.00 bits per heavy atom. The fraction of sp³-hybridized carbons (Fsp3) is 0.125. The van der Waals surface area contributed by atoms with Crippen molar-refractivity contribution >= 4 is 34.3 Å². The summed E-state index contributed by atoms with van der Waals surface area (Å²) in [4.78, 5) is 33.1. The van der Waals surface area contributed by atoms with Gasteiger partial charge in [-0.1, -0.05) is 48.0 Å². The van der Waals surface area contributed by atoms with E-state index in [0.29, 0.717) is 27.4 Å². The number of hydrogen-bond acceptors (Lipinski definition) is 4. The summed E-state index contributed by atoms with van der Waals surface area (Å²) in [5.74, 6) is 0.132. The largest absolute Gasteiger partial charge is 0.450 e. The van der Waals surface area contributed by atoms with E-state index in [0.717, 1.165) is 16.8 Å². The molecule has 0 fully saturated rings. The zero-order chi connectivity index (χ0) is 21.0. The highest BCUT2D eigenvalue weighted by Gasteiger charge is 2.44. The number of carbonyl (C=O) groups is 1. The summed E-state index contributed by atoms with van der Waals surface area (Å²) in [6.07, 6.45) is 0. The Hall–Kier alpha value is -3.44. The van der Waals surface area contributed by atoms with Crippen molar-refractivity contribution in [3.8, 4) is 0 Å². The number of anilines is 1. The Balaban J connectivity index is 1.84. The van der Waals surface area contributed by atoms with Gasteiger partial charge in [-0.15, -0.1) is 0 Å². The lowest BCUT2D eigenvalue weighted by Gasteiger charge is -2.24. The van der Waals surface area contributed by atoms with Crippen LogP contribution in [0.15, 0.2) is 69.9 Å². The second kappa shape index (κ2) is 6.82. The molecular formula is C24H17ClN2O3. The molecule has 148 valence electrons. The first-order valence-corrected chi connectivity index (χ1v) is 9.92. The van der Waals surface area contributed by atoms with Gasteiger partial charge in [0.15, 0.2) is 5.43 Å². The van der Waals surface area contributed by atoms with Gasteiger partial charge < -0.3 is 4.42 Å². The smallest absolute Gasteiger partial charge is 0.296 e. The van der Waals surface area contributed by atoms with Crippen molar-refractivity contribution in [2.75, 3.05) is 4.90 Å². The lowest BCUT2D eigenvalue weighted by molar-refractivity contribution is 0.0970. The highest BCUT2D eigenvalue weighted by atomic mass is 35.5. The Labute approximate surface area is 177 Å². The quantitative estimate of drug-likeness (QED) is 0.450. The number of fused-ring (bicyclic) bond motifs is 2. The van der Waals surface area contributed by atoms with Crippen LogP contribution in [-0.4, -0.2) is 10.9 Å². The molecule has 0 spiro atoms.